The molecule has 17 heavy (non-hydrogen) atoms. The van der Waals surface area contributed by atoms with Crippen LogP contribution in [0.2, 0.25) is 0 Å². The van der Waals surface area contributed by atoms with Crippen molar-refractivity contribution in [3.05, 3.63) is 64.1 Å². The van der Waals surface area contributed by atoms with Gasteiger partial charge < -0.3 is 4.57 Å². The van der Waals surface area contributed by atoms with E-state index in [-0.39, 0.29) is 11.0 Å². The summed E-state index contributed by atoms with van der Waals surface area (Å²) in [5.74, 6) is 0. The van der Waals surface area contributed by atoms with Crippen LogP contribution in [0.1, 0.15) is 16.1 Å². The molecule has 1 aromatic carbocycles. The number of aryl methyl sites for hydroxylation is 1. The van der Waals surface area contributed by atoms with Gasteiger partial charge in [-0.05, 0) is 30.7 Å². The van der Waals surface area contributed by atoms with Gasteiger partial charge >= 0.3 is 0 Å². The minimum atomic E-state index is -0.736. The minimum absolute atomic E-state index is 0.0129. The van der Waals surface area contributed by atoms with Gasteiger partial charge in [0.1, 0.15) is 0 Å². The molecule has 0 spiro atoms. The van der Waals surface area contributed by atoms with Crippen molar-refractivity contribution >= 4 is 16.8 Å². The number of halogens is 1. The van der Waals surface area contributed by atoms with E-state index in [9.17, 15) is 9.59 Å². The number of carbonyl (C=O) groups is 1. The van der Waals surface area contributed by atoms with Crippen LogP contribution in [0.15, 0.2) is 47.4 Å². The van der Waals surface area contributed by atoms with Crippen LogP contribution in [0.3, 0.4) is 0 Å². The fourth-order valence-electron chi connectivity index (χ4n) is 1.65. The van der Waals surface area contributed by atoms with E-state index >= 15 is 0 Å². The van der Waals surface area contributed by atoms with E-state index < -0.39 is 5.24 Å². The van der Waals surface area contributed by atoms with E-state index in [4.69, 9.17) is 11.6 Å². The quantitative estimate of drug-likeness (QED) is 0.765. The van der Waals surface area contributed by atoms with Gasteiger partial charge in [-0.1, -0.05) is 18.2 Å². The molecule has 3 nitrogen and oxygen atoms in total. The number of para-hydroxylation sites is 1. The number of rotatable bonds is 2. The summed E-state index contributed by atoms with van der Waals surface area (Å²) in [4.78, 5) is 22.7. The number of nitrogens with zero attached hydrogens (tertiary/aromatic N) is 1. The van der Waals surface area contributed by atoms with E-state index in [2.05, 4.69) is 0 Å². The summed E-state index contributed by atoms with van der Waals surface area (Å²) in [6.07, 6.45) is 1.47. The topological polar surface area (TPSA) is 39.1 Å². The smallest absolute Gasteiger partial charge is 0.257 e. The molecule has 0 N–H and O–H groups in total. The Kier molecular flexibility index (Phi) is 3.11. The molecule has 0 unspecified atom stereocenters. The maximum absolute atomic E-state index is 11.5. The van der Waals surface area contributed by atoms with Crippen molar-refractivity contribution in [2.75, 3.05) is 0 Å². The molecule has 0 amide bonds. The first-order valence-electron chi connectivity index (χ1n) is 5.08. The Morgan fingerprint density at radius 3 is 2.47 bits per heavy atom. The number of carbonyl (C=O) groups excluding carboxylic acids is 1. The number of hydrogen-bond acceptors (Lipinski definition) is 2. The molecule has 4 heteroatoms. The van der Waals surface area contributed by atoms with Gasteiger partial charge in [-0.3, -0.25) is 9.59 Å². The van der Waals surface area contributed by atoms with Gasteiger partial charge in [-0.15, -0.1) is 0 Å². The monoisotopic (exact) mass is 247 g/mol. The first-order chi connectivity index (χ1) is 8.09. The highest BCUT2D eigenvalue weighted by molar-refractivity contribution is 6.67. The maximum Gasteiger partial charge on any atom is 0.257 e. The lowest BCUT2D eigenvalue weighted by Gasteiger charge is -2.11. The Morgan fingerprint density at radius 1 is 1.24 bits per heavy atom. The molecule has 0 aliphatic heterocycles. The lowest BCUT2D eigenvalue weighted by Crippen LogP contribution is -2.16. The van der Waals surface area contributed by atoms with Crippen LogP contribution in [0.25, 0.3) is 5.69 Å². The van der Waals surface area contributed by atoms with Gasteiger partial charge in [0.2, 0.25) is 0 Å². The van der Waals surface area contributed by atoms with Crippen molar-refractivity contribution in [2.45, 2.75) is 6.92 Å². The van der Waals surface area contributed by atoms with Crippen molar-refractivity contribution < 1.29 is 4.79 Å². The van der Waals surface area contributed by atoms with Crippen molar-refractivity contribution in [1.82, 2.24) is 4.57 Å². The van der Waals surface area contributed by atoms with Crippen molar-refractivity contribution in [3.63, 3.8) is 0 Å². The average molecular weight is 248 g/mol. The Morgan fingerprint density at radius 2 is 1.88 bits per heavy atom. The highest BCUT2D eigenvalue weighted by Crippen LogP contribution is 2.11. The second kappa shape index (κ2) is 4.55. The van der Waals surface area contributed by atoms with E-state index in [1.54, 1.807) is 11.5 Å². The zero-order valence-corrected chi connectivity index (χ0v) is 9.94. The molecular formula is C13H10ClNO2. The predicted octanol–water partition coefficient (Wildman–Crippen LogP) is 2.52. The Balaban J connectivity index is 2.67. The largest absolute Gasteiger partial charge is 0.320 e. The van der Waals surface area contributed by atoms with Crippen LogP contribution in [-0.4, -0.2) is 9.81 Å². The average Bonchev–Trinajstić information content (AvgIpc) is 2.29. The van der Waals surface area contributed by atoms with Gasteiger partial charge in [0.15, 0.2) is 5.43 Å². The Hall–Kier alpha value is -1.87. The fourth-order valence-corrected chi connectivity index (χ4v) is 1.79. The van der Waals surface area contributed by atoms with Gasteiger partial charge in [0, 0.05) is 23.6 Å². The molecule has 0 aliphatic rings. The van der Waals surface area contributed by atoms with Crippen molar-refractivity contribution in [2.24, 2.45) is 0 Å². The fraction of sp³-hybridized carbons (Fsp3) is 0.0769. The van der Waals surface area contributed by atoms with Gasteiger partial charge in [0.25, 0.3) is 5.24 Å². The molecule has 0 fully saturated rings. The third kappa shape index (κ3) is 2.29. The zero-order valence-electron chi connectivity index (χ0n) is 9.18. The number of aromatic nitrogens is 1. The van der Waals surface area contributed by atoms with E-state index in [0.29, 0.717) is 0 Å². The lowest BCUT2D eigenvalue weighted by atomic mass is 10.2. The molecule has 1 heterocycles. The molecule has 2 aromatic rings. The van der Waals surface area contributed by atoms with Gasteiger partial charge in [0.05, 0.1) is 5.56 Å². The summed E-state index contributed by atoms with van der Waals surface area (Å²) in [5, 5.41) is -0.736. The van der Waals surface area contributed by atoms with Crippen LogP contribution < -0.4 is 5.43 Å². The zero-order chi connectivity index (χ0) is 12.4. The molecule has 86 valence electrons. The molecule has 0 saturated heterocycles. The number of pyridine rings is 1. The Bertz CT molecular complexity index is 617. The van der Waals surface area contributed by atoms with Gasteiger partial charge in [-0.25, -0.2) is 0 Å². The summed E-state index contributed by atoms with van der Waals surface area (Å²) in [5.41, 5.74) is 1.27. The van der Waals surface area contributed by atoms with Crippen molar-refractivity contribution in [3.8, 4) is 5.69 Å². The number of hydrogen-bond donors (Lipinski definition) is 0. The number of benzene rings is 1. The van der Waals surface area contributed by atoms with E-state index in [1.165, 1.54) is 12.3 Å². The van der Waals surface area contributed by atoms with Crippen molar-refractivity contribution in [1.29, 1.82) is 0 Å². The van der Waals surface area contributed by atoms with E-state index in [0.717, 1.165) is 11.4 Å². The molecule has 0 atom stereocenters. The second-order valence-electron chi connectivity index (χ2n) is 3.67. The van der Waals surface area contributed by atoms with Crippen LogP contribution in [0.5, 0.6) is 0 Å². The molecule has 0 aliphatic carbocycles. The van der Waals surface area contributed by atoms with Crippen LogP contribution in [0, 0.1) is 6.92 Å². The molecular weight excluding hydrogens is 238 g/mol. The predicted molar refractivity (Wildman–Crippen MR) is 67.0 cm³/mol. The molecule has 0 saturated carbocycles. The first-order valence-corrected chi connectivity index (χ1v) is 5.46. The summed E-state index contributed by atoms with van der Waals surface area (Å²) >= 11 is 5.37. The van der Waals surface area contributed by atoms with Crippen LogP contribution in [0.4, 0.5) is 0 Å². The third-order valence-corrected chi connectivity index (χ3v) is 2.69. The molecule has 0 bridgehead atoms. The maximum atomic E-state index is 11.5. The SMILES string of the molecule is Cc1cc(=O)c(C(=O)Cl)cn1-c1ccccc1. The summed E-state index contributed by atoms with van der Waals surface area (Å²) in [6, 6.07) is 10.8. The van der Waals surface area contributed by atoms with Crippen LogP contribution in [-0.2, 0) is 0 Å². The summed E-state index contributed by atoms with van der Waals surface area (Å²) in [6.45, 7) is 1.80. The van der Waals surface area contributed by atoms with E-state index in [1.807, 2.05) is 30.3 Å². The summed E-state index contributed by atoms with van der Waals surface area (Å²) in [7, 11) is 0. The third-order valence-electron chi connectivity index (χ3n) is 2.49. The normalized spacial score (nSPS) is 10.2. The first kappa shape index (κ1) is 11.6. The van der Waals surface area contributed by atoms with Crippen LogP contribution >= 0.6 is 11.6 Å². The highest BCUT2D eigenvalue weighted by atomic mass is 35.5. The molecule has 0 radical (unpaired) electrons. The molecule has 2 rings (SSSR count). The Labute approximate surface area is 103 Å². The second-order valence-corrected chi connectivity index (χ2v) is 4.02. The van der Waals surface area contributed by atoms with Gasteiger partial charge in [-0.2, -0.15) is 0 Å². The lowest BCUT2D eigenvalue weighted by molar-refractivity contribution is 0.108. The minimum Gasteiger partial charge on any atom is -0.320 e. The summed E-state index contributed by atoms with van der Waals surface area (Å²) < 4.78 is 1.76. The molecule has 1 aromatic heterocycles. The standard InChI is InChI=1S/C13H10ClNO2/c1-9-7-12(16)11(13(14)17)8-15(9)10-5-3-2-4-6-10/h2-8H,1H3. The highest BCUT2D eigenvalue weighted by Gasteiger charge is 2.10.